The summed E-state index contributed by atoms with van der Waals surface area (Å²) < 4.78 is 0. The van der Waals surface area contributed by atoms with Crippen LogP contribution in [0.5, 0.6) is 0 Å². The van der Waals surface area contributed by atoms with Crippen LogP contribution in [0.1, 0.15) is 56.2 Å². The van der Waals surface area contributed by atoms with Gasteiger partial charge in [0.15, 0.2) is 0 Å². The molecule has 0 bridgehead atoms. The van der Waals surface area contributed by atoms with E-state index < -0.39 is 0 Å². The van der Waals surface area contributed by atoms with E-state index in [0.717, 1.165) is 16.9 Å². The first-order valence-electron chi connectivity index (χ1n) is 12.7. The zero-order valence-electron chi connectivity index (χ0n) is 22.0. The molecule has 0 fully saturated rings. The lowest BCUT2D eigenvalue weighted by molar-refractivity contribution is 0.596. The minimum Gasteiger partial charge on any atom is -0.237 e. The molecule has 35 heavy (non-hydrogen) atoms. The number of thiophene rings is 1. The number of fused-ring (bicyclic) bond motifs is 2. The quantitative estimate of drug-likeness (QED) is 0.251. The summed E-state index contributed by atoms with van der Waals surface area (Å²) in [5, 5.41) is 3.90. The first-order valence-corrected chi connectivity index (χ1v) is 13.5. The van der Waals surface area contributed by atoms with Crippen LogP contribution in [0.2, 0.25) is 0 Å². The highest BCUT2D eigenvalue weighted by Crippen LogP contribution is 2.41. The number of aromatic nitrogens is 1. The van der Waals surface area contributed by atoms with Gasteiger partial charge in [-0.15, -0.1) is 11.3 Å². The van der Waals surface area contributed by atoms with Gasteiger partial charge in [-0.05, 0) is 88.4 Å². The van der Waals surface area contributed by atoms with E-state index in [1.165, 1.54) is 54.4 Å². The molecule has 1 nitrogen and oxygen atoms in total. The van der Waals surface area contributed by atoms with Crippen LogP contribution < -0.4 is 0 Å². The zero-order valence-corrected chi connectivity index (χ0v) is 22.8. The zero-order chi connectivity index (χ0) is 24.9. The van der Waals surface area contributed by atoms with Crippen molar-refractivity contribution in [2.75, 3.05) is 0 Å². The number of benzene rings is 3. The smallest absolute Gasteiger partial charge is 0.125 e. The van der Waals surface area contributed by atoms with Gasteiger partial charge >= 0.3 is 0 Å². The Bertz CT molecular complexity index is 1530. The van der Waals surface area contributed by atoms with E-state index in [1.54, 1.807) is 0 Å². The van der Waals surface area contributed by atoms with Gasteiger partial charge in [-0.25, -0.2) is 4.98 Å². The summed E-state index contributed by atoms with van der Waals surface area (Å²) in [6, 6.07) is 24.9. The average Bonchev–Trinajstić information content (AvgIpc) is 3.10. The highest BCUT2D eigenvalue weighted by atomic mass is 32.1. The first-order chi connectivity index (χ1) is 16.6. The van der Waals surface area contributed by atoms with Crippen molar-refractivity contribution >= 4 is 32.3 Å². The van der Waals surface area contributed by atoms with Crippen LogP contribution in [0.4, 0.5) is 0 Å². The second kappa shape index (κ2) is 8.91. The Morgan fingerprint density at radius 1 is 0.857 bits per heavy atom. The maximum atomic E-state index is 5.22. The third-order valence-corrected chi connectivity index (χ3v) is 8.11. The molecule has 0 aliphatic rings. The van der Waals surface area contributed by atoms with Crippen molar-refractivity contribution in [1.29, 1.82) is 0 Å². The molecule has 178 valence electrons. The van der Waals surface area contributed by atoms with Crippen molar-refractivity contribution in [3.8, 4) is 22.4 Å². The molecule has 5 rings (SSSR count). The molecule has 0 spiro atoms. The lowest BCUT2D eigenvalue weighted by atomic mass is 9.82. The number of hydrogen-bond acceptors (Lipinski definition) is 2. The minimum atomic E-state index is 0.0465. The van der Waals surface area contributed by atoms with Gasteiger partial charge in [0.05, 0.1) is 5.69 Å². The third-order valence-electron chi connectivity index (χ3n) is 7.01. The Morgan fingerprint density at radius 2 is 1.57 bits per heavy atom. The van der Waals surface area contributed by atoms with Crippen molar-refractivity contribution in [2.45, 2.75) is 60.3 Å². The van der Waals surface area contributed by atoms with E-state index in [2.05, 4.69) is 115 Å². The molecule has 0 aliphatic heterocycles. The summed E-state index contributed by atoms with van der Waals surface area (Å²) in [4.78, 5) is 7.69. The molecule has 2 heterocycles. The van der Waals surface area contributed by atoms with E-state index in [1.807, 2.05) is 11.3 Å². The fourth-order valence-electron chi connectivity index (χ4n) is 5.10. The fourth-order valence-corrected chi connectivity index (χ4v) is 6.16. The molecule has 2 heteroatoms. The summed E-state index contributed by atoms with van der Waals surface area (Å²) in [6.07, 6.45) is 1.11. The van der Waals surface area contributed by atoms with Crippen molar-refractivity contribution in [3.63, 3.8) is 0 Å². The number of rotatable bonds is 4. The van der Waals surface area contributed by atoms with Gasteiger partial charge in [0.2, 0.25) is 0 Å². The Labute approximate surface area is 213 Å². The van der Waals surface area contributed by atoms with E-state index >= 15 is 0 Å². The molecule has 5 aromatic rings. The molecule has 0 aliphatic carbocycles. The van der Waals surface area contributed by atoms with Crippen molar-refractivity contribution < 1.29 is 0 Å². The van der Waals surface area contributed by atoms with E-state index in [-0.39, 0.29) is 5.41 Å². The molecule has 0 N–H and O–H groups in total. The predicted octanol–water partition coefficient (Wildman–Crippen LogP) is 9.90. The van der Waals surface area contributed by atoms with Crippen molar-refractivity contribution in [3.05, 3.63) is 88.3 Å². The fraction of sp³-hybridized carbons (Fsp3) is 0.303. The van der Waals surface area contributed by atoms with Crippen LogP contribution in [-0.2, 0) is 11.8 Å². The summed E-state index contributed by atoms with van der Waals surface area (Å²) in [6.45, 7) is 15.9. The molecular weight excluding hydrogens is 442 g/mol. The SMILES string of the molecule is Cc1sc2nc(-c3cc(C(C)(C)C)c4ccccc4c3)cc(-c3ccc(CC(C)C)cc3)c2c1C. The Morgan fingerprint density at radius 3 is 2.26 bits per heavy atom. The van der Waals surface area contributed by atoms with Gasteiger partial charge in [0, 0.05) is 15.8 Å². The summed E-state index contributed by atoms with van der Waals surface area (Å²) in [5.41, 5.74) is 8.96. The summed E-state index contributed by atoms with van der Waals surface area (Å²) in [7, 11) is 0. The summed E-state index contributed by atoms with van der Waals surface area (Å²) in [5.74, 6) is 0.659. The largest absolute Gasteiger partial charge is 0.237 e. The molecule has 2 aromatic heterocycles. The molecule has 0 unspecified atom stereocenters. The minimum absolute atomic E-state index is 0.0465. The van der Waals surface area contributed by atoms with Crippen LogP contribution in [0.15, 0.2) is 66.7 Å². The maximum Gasteiger partial charge on any atom is 0.125 e. The van der Waals surface area contributed by atoms with E-state index in [4.69, 9.17) is 4.98 Å². The van der Waals surface area contributed by atoms with Gasteiger partial charge in [-0.3, -0.25) is 0 Å². The second-order valence-electron chi connectivity index (χ2n) is 11.3. The number of pyridine rings is 1. The Hall–Kier alpha value is -2.97. The lowest BCUT2D eigenvalue weighted by Crippen LogP contribution is -2.12. The van der Waals surface area contributed by atoms with E-state index in [9.17, 15) is 0 Å². The van der Waals surface area contributed by atoms with Crippen molar-refractivity contribution in [1.82, 2.24) is 4.98 Å². The first kappa shape index (κ1) is 23.8. The average molecular weight is 478 g/mol. The third kappa shape index (κ3) is 4.52. The van der Waals surface area contributed by atoms with Crippen LogP contribution in [-0.4, -0.2) is 4.98 Å². The van der Waals surface area contributed by atoms with Crippen LogP contribution in [0.25, 0.3) is 43.4 Å². The number of nitrogens with zero attached hydrogens (tertiary/aromatic N) is 1. The van der Waals surface area contributed by atoms with Gasteiger partial charge in [-0.2, -0.15) is 0 Å². The van der Waals surface area contributed by atoms with Gasteiger partial charge in [0.1, 0.15) is 4.83 Å². The molecule has 0 radical (unpaired) electrons. The number of hydrogen-bond donors (Lipinski definition) is 0. The van der Waals surface area contributed by atoms with Crippen molar-refractivity contribution in [2.24, 2.45) is 5.92 Å². The standard InChI is InChI=1S/C33H35NS/c1-20(2)16-23-12-14-24(15-13-23)28-19-30(34-32-31(28)21(3)22(4)35-32)26-17-25-10-8-9-11-27(25)29(18-26)33(5,6)7/h8-15,17-20H,16H2,1-7H3. The Kier molecular flexibility index (Phi) is 6.05. The molecule has 0 amide bonds. The highest BCUT2D eigenvalue weighted by molar-refractivity contribution is 7.18. The van der Waals surface area contributed by atoms with Crippen LogP contribution >= 0.6 is 11.3 Å². The number of aryl methyl sites for hydroxylation is 2. The molecule has 3 aromatic carbocycles. The van der Waals surface area contributed by atoms with Gasteiger partial charge < -0.3 is 0 Å². The predicted molar refractivity (Wildman–Crippen MR) is 155 cm³/mol. The molecule has 0 saturated heterocycles. The monoisotopic (exact) mass is 477 g/mol. The van der Waals surface area contributed by atoms with Crippen LogP contribution in [0.3, 0.4) is 0 Å². The topological polar surface area (TPSA) is 12.9 Å². The molecule has 0 saturated carbocycles. The van der Waals surface area contributed by atoms with Gasteiger partial charge in [-0.1, -0.05) is 83.1 Å². The van der Waals surface area contributed by atoms with Crippen LogP contribution in [0, 0.1) is 19.8 Å². The Balaban J connectivity index is 1.74. The normalized spacial score (nSPS) is 12.2. The summed E-state index contributed by atoms with van der Waals surface area (Å²) >= 11 is 1.81. The lowest BCUT2D eigenvalue weighted by Gasteiger charge is -2.23. The second-order valence-corrected chi connectivity index (χ2v) is 12.5. The highest BCUT2D eigenvalue weighted by Gasteiger charge is 2.20. The van der Waals surface area contributed by atoms with Gasteiger partial charge in [0.25, 0.3) is 0 Å². The molecular formula is C33H35NS. The maximum absolute atomic E-state index is 5.22. The van der Waals surface area contributed by atoms with E-state index in [0.29, 0.717) is 5.92 Å². The molecule has 0 atom stereocenters.